The van der Waals surface area contributed by atoms with Crippen molar-refractivity contribution in [1.82, 2.24) is 19.9 Å². The Kier molecular flexibility index (Phi) is 4.95. The van der Waals surface area contributed by atoms with Gasteiger partial charge in [-0.3, -0.25) is 14.6 Å². The highest BCUT2D eigenvalue weighted by atomic mass is 32.2. The second-order valence-corrected chi connectivity index (χ2v) is 6.64. The average molecular weight is 375 g/mol. The summed E-state index contributed by atoms with van der Waals surface area (Å²) < 4.78 is 1.30. The largest absolute Gasteiger partial charge is 0.366 e. The summed E-state index contributed by atoms with van der Waals surface area (Å²) >= 11 is 2.35. The third-order valence-corrected chi connectivity index (χ3v) is 4.87. The van der Waals surface area contributed by atoms with Crippen LogP contribution in [0.4, 0.5) is 5.00 Å². The lowest BCUT2D eigenvalue weighted by atomic mass is 10.3. The van der Waals surface area contributed by atoms with E-state index in [9.17, 15) is 9.59 Å². The Hall–Kier alpha value is -2.92. The average Bonchev–Trinajstić information content (AvgIpc) is 3.20. The van der Waals surface area contributed by atoms with E-state index in [1.54, 1.807) is 29.9 Å². The molecule has 3 heterocycles. The lowest BCUT2D eigenvalue weighted by molar-refractivity contribution is -0.113. The Morgan fingerprint density at radius 1 is 1.32 bits per heavy atom. The summed E-state index contributed by atoms with van der Waals surface area (Å²) in [6.07, 6.45) is 3.27. The van der Waals surface area contributed by atoms with Crippen LogP contribution in [-0.4, -0.2) is 37.4 Å². The molecular formula is C14H13N7O2S2. The quantitative estimate of drug-likeness (QED) is 0.430. The fourth-order valence-electron chi connectivity index (χ4n) is 1.96. The smallest absolute Gasteiger partial charge is 0.251 e. The standard InChI is InChI=1S/C14H13N7O2S2/c15-11(23)9-3-5-24-13(9)18-10(22)7-25-14-20-19-12(21(14)16)8-2-1-4-17-6-8/h1-6H,7,16H2,(H2,15,23)(H,18,22). The highest BCUT2D eigenvalue weighted by Gasteiger charge is 2.16. The van der Waals surface area contributed by atoms with Crippen molar-refractivity contribution in [3.63, 3.8) is 0 Å². The van der Waals surface area contributed by atoms with Crippen LogP contribution >= 0.6 is 23.1 Å². The SMILES string of the molecule is NC(=O)c1ccsc1NC(=O)CSc1nnc(-c2cccnc2)n1N. The topological polar surface area (TPSA) is 142 Å². The number of aromatic nitrogens is 4. The zero-order valence-electron chi connectivity index (χ0n) is 12.7. The molecule has 0 fully saturated rings. The molecule has 0 aliphatic heterocycles. The number of hydrogen-bond acceptors (Lipinski definition) is 8. The molecule has 3 aromatic heterocycles. The maximum Gasteiger partial charge on any atom is 0.251 e. The molecule has 128 valence electrons. The van der Waals surface area contributed by atoms with Gasteiger partial charge >= 0.3 is 0 Å². The molecule has 3 aromatic rings. The lowest BCUT2D eigenvalue weighted by Gasteiger charge is -2.05. The molecule has 25 heavy (non-hydrogen) atoms. The van der Waals surface area contributed by atoms with E-state index < -0.39 is 5.91 Å². The Bertz CT molecular complexity index is 907. The number of amides is 2. The van der Waals surface area contributed by atoms with E-state index in [4.69, 9.17) is 11.6 Å². The van der Waals surface area contributed by atoms with Gasteiger partial charge in [-0.2, -0.15) is 0 Å². The van der Waals surface area contributed by atoms with E-state index in [0.29, 0.717) is 16.0 Å². The highest BCUT2D eigenvalue weighted by molar-refractivity contribution is 7.99. The molecule has 0 aromatic carbocycles. The number of nitrogen functional groups attached to an aromatic ring is 1. The number of carbonyl (C=O) groups excluding carboxylic acids is 2. The van der Waals surface area contributed by atoms with Gasteiger partial charge in [-0.1, -0.05) is 11.8 Å². The van der Waals surface area contributed by atoms with Gasteiger partial charge in [0.2, 0.25) is 11.1 Å². The first-order valence-electron chi connectivity index (χ1n) is 6.97. The van der Waals surface area contributed by atoms with Crippen molar-refractivity contribution in [3.8, 4) is 11.4 Å². The predicted molar refractivity (Wildman–Crippen MR) is 95.6 cm³/mol. The van der Waals surface area contributed by atoms with Crippen molar-refractivity contribution < 1.29 is 9.59 Å². The van der Waals surface area contributed by atoms with Gasteiger partial charge in [-0.15, -0.1) is 21.5 Å². The van der Waals surface area contributed by atoms with Crippen LogP contribution in [0.25, 0.3) is 11.4 Å². The maximum absolute atomic E-state index is 12.1. The zero-order valence-corrected chi connectivity index (χ0v) is 14.4. The monoisotopic (exact) mass is 375 g/mol. The summed E-state index contributed by atoms with van der Waals surface area (Å²) in [4.78, 5) is 27.3. The van der Waals surface area contributed by atoms with Crippen LogP contribution < -0.4 is 16.9 Å². The number of anilines is 1. The fraction of sp³-hybridized carbons (Fsp3) is 0.0714. The summed E-state index contributed by atoms with van der Waals surface area (Å²) in [6, 6.07) is 5.14. The Morgan fingerprint density at radius 2 is 2.16 bits per heavy atom. The predicted octanol–water partition coefficient (Wildman–Crippen LogP) is 0.945. The molecule has 0 bridgehead atoms. The molecule has 0 atom stereocenters. The van der Waals surface area contributed by atoms with Gasteiger partial charge in [0.1, 0.15) is 5.00 Å². The first kappa shape index (κ1) is 16.9. The molecule has 3 rings (SSSR count). The van der Waals surface area contributed by atoms with Gasteiger partial charge in [0, 0.05) is 18.0 Å². The van der Waals surface area contributed by atoms with Gasteiger partial charge in [-0.25, -0.2) is 4.68 Å². The molecule has 0 aliphatic rings. The number of primary amides is 1. The number of pyridine rings is 1. The summed E-state index contributed by atoms with van der Waals surface area (Å²) in [5.74, 6) is 5.58. The number of rotatable bonds is 6. The van der Waals surface area contributed by atoms with Gasteiger partial charge in [0.15, 0.2) is 5.82 Å². The third kappa shape index (κ3) is 3.78. The molecule has 0 saturated heterocycles. The normalized spacial score (nSPS) is 10.6. The van der Waals surface area contributed by atoms with Crippen molar-refractivity contribution in [1.29, 1.82) is 0 Å². The molecule has 2 amide bonds. The molecule has 5 N–H and O–H groups in total. The summed E-state index contributed by atoms with van der Waals surface area (Å²) in [5, 5.41) is 13.1. The summed E-state index contributed by atoms with van der Waals surface area (Å²) in [7, 11) is 0. The maximum atomic E-state index is 12.1. The first-order chi connectivity index (χ1) is 12.1. The minimum Gasteiger partial charge on any atom is -0.366 e. The molecule has 0 aliphatic carbocycles. The lowest BCUT2D eigenvalue weighted by Crippen LogP contribution is -2.18. The number of thiophene rings is 1. The second kappa shape index (κ2) is 7.32. The van der Waals surface area contributed by atoms with Gasteiger partial charge in [-0.05, 0) is 23.6 Å². The minimum atomic E-state index is -0.591. The fourth-order valence-corrected chi connectivity index (χ4v) is 3.43. The van der Waals surface area contributed by atoms with Crippen molar-refractivity contribution >= 4 is 39.9 Å². The molecular weight excluding hydrogens is 362 g/mol. The molecule has 0 saturated carbocycles. The molecule has 0 spiro atoms. The Morgan fingerprint density at radius 3 is 2.88 bits per heavy atom. The van der Waals surface area contributed by atoms with Crippen molar-refractivity contribution in [3.05, 3.63) is 41.5 Å². The molecule has 0 unspecified atom stereocenters. The van der Waals surface area contributed by atoms with Gasteiger partial charge in [0.05, 0.1) is 11.3 Å². The number of nitrogens with zero attached hydrogens (tertiary/aromatic N) is 4. The van der Waals surface area contributed by atoms with Crippen LogP contribution in [0.3, 0.4) is 0 Å². The van der Waals surface area contributed by atoms with E-state index in [-0.39, 0.29) is 17.2 Å². The van der Waals surface area contributed by atoms with Crippen LogP contribution in [-0.2, 0) is 4.79 Å². The van der Waals surface area contributed by atoms with Crippen LogP contribution in [0.5, 0.6) is 0 Å². The van der Waals surface area contributed by atoms with E-state index in [0.717, 1.165) is 17.3 Å². The first-order valence-corrected chi connectivity index (χ1v) is 8.83. The Balaban J connectivity index is 1.64. The Labute approximate surface area is 150 Å². The van der Waals surface area contributed by atoms with Crippen LogP contribution in [0, 0.1) is 0 Å². The highest BCUT2D eigenvalue weighted by Crippen LogP contribution is 2.24. The number of nitrogens with one attached hydrogen (secondary N) is 1. The number of carbonyl (C=O) groups is 2. The van der Waals surface area contributed by atoms with Crippen LogP contribution in [0.1, 0.15) is 10.4 Å². The molecule has 11 heteroatoms. The zero-order chi connectivity index (χ0) is 17.8. The number of thioether (sulfide) groups is 1. The van der Waals surface area contributed by atoms with Crippen molar-refractivity contribution in [2.24, 2.45) is 5.73 Å². The van der Waals surface area contributed by atoms with Crippen molar-refractivity contribution in [2.45, 2.75) is 5.16 Å². The molecule has 9 nitrogen and oxygen atoms in total. The van der Waals surface area contributed by atoms with Crippen molar-refractivity contribution in [2.75, 3.05) is 16.9 Å². The van der Waals surface area contributed by atoms with Gasteiger partial charge in [0.25, 0.3) is 5.91 Å². The van der Waals surface area contributed by atoms with Gasteiger partial charge < -0.3 is 16.9 Å². The summed E-state index contributed by atoms with van der Waals surface area (Å²) in [6.45, 7) is 0. The van der Waals surface area contributed by atoms with E-state index in [2.05, 4.69) is 20.5 Å². The second-order valence-electron chi connectivity index (χ2n) is 4.78. The van der Waals surface area contributed by atoms with E-state index >= 15 is 0 Å². The van der Waals surface area contributed by atoms with Crippen LogP contribution in [0.15, 0.2) is 41.1 Å². The minimum absolute atomic E-state index is 0.0540. The third-order valence-electron chi connectivity index (χ3n) is 3.10. The number of hydrogen-bond donors (Lipinski definition) is 3. The van der Waals surface area contributed by atoms with E-state index in [1.165, 1.54) is 16.0 Å². The molecule has 0 radical (unpaired) electrons. The van der Waals surface area contributed by atoms with E-state index in [1.807, 2.05) is 6.07 Å². The number of nitrogens with two attached hydrogens (primary N) is 2. The van der Waals surface area contributed by atoms with Crippen LogP contribution in [0.2, 0.25) is 0 Å². The summed E-state index contributed by atoms with van der Waals surface area (Å²) in [5.41, 5.74) is 6.25.